The van der Waals surface area contributed by atoms with E-state index < -0.39 is 5.54 Å². The summed E-state index contributed by atoms with van der Waals surface area (Å²) < 4.78 is 0. The molecule has 2 atom stereocenters. The molecular formula is C11H24N2OS. The number of thioether (sulfide) groups is 1. The number of primary amides is 1. The zero-order chi connectivity index (χ0) is 11.9. The Morgan fingerprint density at radius 3 is 2.53 bits per heavy atom. The number of hydrogen-bond donors (Lipinski definition) is 2. The van der Waals surface area contributed by atoms with E-state index in [1.807, 2.05) is 13.8 Å². The average Bonchev–Trinajstić information content (AvgIpc) is 2.17. The maximum atomic E-state index is 11.3. The number of carbonyl (C=O) groups excluding carboxylic acids is 1. The summed E-state index contributed by atoms with van der Waals surface area (Å²) in [5, 5.41) is 3.15. The van der Waals surface area contributed by atoms with Crippen LogP contribution in [-0.2, 0) is 4.79 Å². The van der Waals surface area contributed by atoms with Gasteiger partial charge in [-0.3, -0.25) is 4.79 Å². The van der Waals surface area contributed by atoms with Crippen LogP contribution in [0.3, 0.4) is 0 Å². The minimum atomic E-state index is -0.563. The topological polar surface area (TPSA) is 55.1 Å². The van der Waals surface area contributed by atoms with Crippen molar-refractivity contribution in [3.8, 4) is 0 Å². The van der Waals surface area contributed by atoms with Gasteiger partial charge in [0.05, 0.1) is 0 Å². The Hall–Kier alpha value is -0.220. The highest BCUT2D eigenvalue weighted by atomic mass is 32.2. The van der Waals surface area contributed by atoms with Gasteiger partial charge in [0.2, 0.25) is 5.91 Å². The van der Waals surface area contributed by atoms with E-state index in [4.69, 9.17) is 5.73 Å². The smallest absolute Gasteiger partial charge is 0.238 e. The van der Waals surface area contributed by atoms with Gasteiger partial charge in [-0.2, -0.15) is 11.8 Å². The van der Waals surface area contributed by atoms with Crippen molar-refractivity contribution in [1.82, 2.24) is 5.32 Å². The summed E-state index contributed by atoms with van der Waals surface area (Å²) in [7, 11) is 0. The molecule has 0 bridgehead atoms. The maximum Gasteiger partial charge on any atom is 0.238 e. The van der Waals surface area contributed by atoms with E-state index in [-0.39, 0.29) is 5.91 Å². The molecule has 0 aromatic rings. The molecule has 0 fully saturated rings. The summed E-state index contributed by atoms with van der Waals surface area (Å²) in [5.74, 6) is 2.28. The van der Waals surface area contributed by atoms with E-state index in [0.717, 1.165) is 18.1 Å². The molecule has 4 heteroatoms. The third-order valence-electron chi connectivity index (χ3n) is 2.60. The minimum Gasteiger partial charge on any atom is -0.368 e. The lowest BCUT2D eigenvalue weighted by Crippen LogP contribution is -2.55. The van der Waals surface area contributed by atoms with Crippen LogP contribution in [-0.4, -0.2) is 29.5 Å². The zero-order valence-corrected chi connectivity index (χ0v) is 11.1. The lowest BCUT2D eigenvalue weighted by atomic mass is 10.1. The first-order valence-corrected chi connectivity index (χ1v) is 6.74. The molecule has 0 aliphatic carbocycles. The van der Waals surface area contributed by atoms with Gasteiger partial charge in [-0.1, -0.05) is 27.2 Å². The summed E-state index contributed by atoms with van der Waals surface area (Å²) in [5.41, 5.74) is 4.83. The van der Waals surface area contributed by atoms with E-state index in [1.165, 1.54) is 6.42 Å². The Morgan fingerprint density at radius 2 is 2.13 bits per heavy atom. The number of nitrogens with two attached hydrogens (primary N) is 1. The highest BCUT2D eigenvalue weighted by Gasteiger charge is 2.29. The van der Waals surface area contributed by atoms with Crippen LogP contribution in [0.2, 0.25) is 0 Å². The third kappa shape index (κ3) is 5.42. The predicted molar refractivity (Wildman–Crippen MR) is 68.1 cm³/mol. The zero-order valence-electron chi connectivity index (χ0n) is 10.3. The molecule has 2 unspecified atom stereocenters. The molecule has 0 heterocycles. The van der Waals surface area contributed by atoms with E-state index >= 15 is 0 Å². The van der Waals surface area contributed by atoms with Gasteiger partial charge in [-0.25, -0.2) is 0 Å². The largest absolute Gasteiger partial charge is 0.368 e. The van der Waals surface area contributed by atoms with Crippen LogP contribution in [0.25, 0.3) is 0 Å². The van der Waals surface area contributed by atoms with E-state index in [0.29, 0.717) is 5.92 Å². The first-order valence-electron chi connectivity index (χ1n) is 5.59. The van der Waals surface area contributed by atoms with Crippen molar-refractivity contribution in [3.63, 3.8) is 0 Å². The summed E-state index contributed by atoms with van der Waals surface area (Å²) in [6, 6.07) is 0. The molecule has 0 rings (SSSR count). The molecule has 0 radical (unpaired) electrons. The number of amides is 1. The van der Waals surface area contributed by atoms with Crippen molar-refractivity contribution in [2.75, 3.05) is 18.1 Å². The lowest BCUT2D eigenvalue weighted by molar-refractivity contribution is -0.122. The Balaban J connectivity index is 4.02. The second-order valence-electron chi connectivity index (χ2n) is 4.26. The van der Waals surface area contributed by atoms with Gasteiger partial charge < -0.3 is 11.1 Å². The molecule has 0 spiro atoms. The molecule has 0 saturated heterocycles. The van der Waals surface area contributed by atoms with Gasteiger partial charge >= 0.3 is 0 Å². The Bertz CT molecular complexity index is 199. The Labute approximate surface area is 97.6 Å². The minimum absolute atomic E-state index is 0.263. The fourth-order valence-corrected chi connectivity index (χ4v) is 2.59. The molecule has 15 heavy (non-hydrogen) atoms. The highest BCUT2D eigenvalue weighted by molar-refractivity contribution is 7.99. The summed E-state index contributed by atoms with van der Waals surface area (Å²) in [6.07, 6.45) is 1.18. The van der Waals surface area contributed by atoms with Crippen molar-refractivity contribution in [1.29, 1.82) is 0 Å². The molecule has 0 aliphatic rings. The van der Waals surface area contributed by atoms with Crippen molar-refractivity contribution >= 4 is 17.7 Å². The summed E-state index contributed by atoms with van der Waals surface area (Å²) in [6.45, 7) is 9.04. The number of rotatable bonds is 8. The van der Waals surface area contributed by atoms with Crippen LogP contribution < -0.4 is 11.1 Å². The van der Waals surface area contributed by atoms with Gasteiger partial charge in [-0.05, 0) is 25.1 Å². The fraction of sp³-hybridized carbons (Fsp3) is 0.909. The van der Waals surface area contributed by atoms with Crippen LogP contribution in [0.15, 0.2) is 0 Å². The maximum absolute atomic E-state index is 11.3. The number of carbonyl (C=O) groups is 1. The molecule has 3 nitrogen and oxygen atoms in total. The van der Waals surface area contributed by atoms with Crippen LogP contribution in [0.4, 0.5) is 0 Å². The second kappa shape index (κ2) is 7.12. The van der Waals surface area contributed by atoms with Crippen LogP contribution >= 0.6 is 11.8 Å². The Morgan fingerprint density at radius 1 is 1.53 bits per heavy atom. The van der Waals surface area contributed by atoms with Crippen LogP contribution in [0, 0.1) is 5.92 Å². The third-order valence-corrected chi connectivity index (χ3v) is 4.19. The molecular weight excluding hydrogens is 208 g/mol. The van der Waals surface area contributed by atoms with Gasteiger partial charge in [0, 0.05) is 5.75 Å². The fourth-order valence-electron chi connectivity index (χ4n) is 1.18. The van der Waals surface area contributed by atoms with Crippen molar-refractivity contribution < 1.29 is 4.79 Å². The van der Waals surface area contributed by atoms with Crippen molar-refractivity contribution in [2.45, 2.75) is 39.7 Å². The SMILES string of the molecule is CCNC(C)(CSCC(C)CC)C(N)=O. The molecule has 0 aliphatic heterocycles. The molecule has 0 aromatic heterocycles. The normalized spacial score (nSPS) is 17.1. The van der Waals surface area contributed by atoms with E-state index in [9.17, 15) is 4.79 Å². The number of hydrogen-bond acceptors (Lipinski definition) is 3. The van der Waals surface area contributed by atoms with Crippen molar-refractivity contribution in [2.24, 2.45) is 11.7 Å². The quantitative estimate of drug-likeness (QED) is 0.668. The Kier molecular flexibility index (Phi) is 7.02. The number of nitrogens with one attached hydrogen (secondary N) is 1. The lowest BCUT2D eigenvalue weighted by Gasteiger charge is -2.27. The van der Waals surface area contributed by atoms with Crippen LogP contribution in [0.1, 0.15) is 34.1 Å². The van der Waals surface area contributed by atoms with Gasteiger partial charge in [0.15, 0.2) is 0 Å². The first-order chi connectivity index (χ1) is 6.96. The second-order valence-corrected chi connectivity index (χ2v) is 5.29. The average molecular weight is 232 g/mol. The van der Waals surface area contributed by atoms with Gasteiger partial charge in [-0.15, -0.1) is 0 Å². The summed E-state index contributed by atoms with van der Waals surface area (Å²) >= 11 is 1.80. The van der Waals surface area contributed by atoms with Crippen molar-refractivity contribution in [3.05, 3.63) is 0 Å². The van der Waals surface area contributed by atoms with Crippen LogP contribution in [0.5, 0.6) is 0 Å². The molecule has 0 aromatic carbocycles. The molecule has 0 saturated carbocycles. The molecule has 3 N–H and O–H groups in total. The molecule has 1 amide bonds. The highest BCUT2D eigenvalue weighted by Crippen LogP contribution is 2.17. The van der Waals surface area contributed by atoms with Gasteiger partial charge in [0.1, 0.15) is 5.54 Å². The molecule has 90 valence electrons. The first kappa shape index (κ1) is 14.8. The number of likely N-dealkylation sites (N-methyl/N-ethyl adjacent to an activating group) is 1. The van der Waals surface area contributed by atoms with E-state index in [2.05, 4.69) is 19.2 Å². The standard InChI is InChI=1S/C11H24N2OS/c1-5-9(3)7-15-8-11(4,10(12)14)13-6-2/h9,13H,5-8H2,1-4H3,(H2,12,14). The monoisotopic (exact) mass is 232 g/mol. The summed E-state index contributed by atoms with van der Waals surface area (Å²) in [4.78, 5) is 11.3. The van der Waals surface area contributed by atoms with Gasteiger partial charge in [0.25, 0.3) is 0 Å². The predicted octanol–water partition coefficient (Wildman–Crippen LogP) is 1.62. The van der Waals surface area contributed by atoms with E-state index in [1.54, 1.807) is 11.8 Å².